The maximum absolute atomic E-state index is 4.92. The molecule has 0 spiro atoms. The van der Waals surface area contributed by atoms with Crippen LogP contribution in [0.5, 0.6) is 0 Å². The summed E-state index contributed by atoms with van der Waals surface area (Å²) >= 11 is 0. The Morgan fingerprint density at radius 2 is 1.96 bits per heavy atom. The first-order valence-corrected chi connectivity index (χ1v) is 9.62. The van der Waals surface area contributed by atoms with Crippen molar-refractivity contribution in [3.8, 4) is 0 Å². The lowest BCUT2D eigenvalue weighted by atomic mass is 9.84. The quantitative estimate of drug-likeness (QED) is 0.391. The molecule has 3 rings (SSSR count). The van der Waals surface area contributed by atoms with E-state index in [0.29, 0.717) is 0 Å². The van der Waals surface area contributed by atoms with Crippen LogP contribution < -0.4 is 5.32 Å². The third-order valence-corrected chi connectivity index (χ3v) is 5.25. The first-order valence-electron chi connectivity index (χ1n) is 9.62. The number of nitrogens with one attached hydrogen (secondary N) is 1. The number of hydrogen-bond acceptors (Lipinski definition) is 4. The summed E-state index contributed by atoms with van der Waals surface area (Å²) in [6, 6.07) is 10.7. The Morgan fingerprint density at radius 1 is 1.21 bits per heavy atom. The van der Waals surface area contributed by atoms with Crippen molar-refractivity contribution < 1.29 is 4.52 Å². The molecule has 2 aromatic rings. The van der Waals surface area contributed by atoms with Crippen LogP contribution in [0, 0.1) is 6.92 Å². The van der Waals surface area contributed by atoms with Gasteiger partial charge in [0.05, 0.1) is 5.69 Å². The lowest BCUT2D eigenvalue weighted by molar-refractivity contribution is 0.168. The number of piperazine rings is 1. The fourth-order valence-corrected chi connectivity index (χ4v) is 3.47. The minimum atomic E-state index is 0. The molecular formula is C21H32IN5O. The molecule has 154 valence electrons. The van der Waals surface area contributed by atoms with Gasteiger partial charge < -0.3 is 14.7 Å². The van der Waals surface area contributed by atoms with Crippen molar-refractivity contribution in [2.45, 2.75) is 32.7 Å². The number of hydrogen-bond donors (Lipinski definition) is 1. The van der Waals surface area contributed by atoms with E-state index in [2.05, 4.69) is 70.3 Å². The van der Waals surface area contributed by atoms with Crippen LogP contribution in [0.3, 0.4) is 0 Å². The zero-order valence-electron chi connectivity index (χ0n) is 17.3. The van der Waals surface area contributed by atoms with Gasteiger partial charge in [-0.05, 0) is 12.5 Å². The highest BCUT2D eigenvalue weighted by Crippen LogP contribution is 2.23. The summed E-state index contributed by atoms with van der Waals surface area (Å²) in [5.41, 5.74) is 3.68. The Morgan fingerprint density at radius 3 is 2.57 bits per heavy atom. The Bertz CT molecular complexity index is 752. The van der Waals surface area contributed by atoms with Crippen LogP contribution in [0.15, 0.2) is 46.1 Å². The van der Waals surface area contributed by atoms with E-state index in [1.807, 2.05) is 13.1 Å². The van der Waals surface area contributed by atoms with E-state index in [9.17, 15) is 0 Å². The van der Waals surface area contributed by atoms with Gasteiger partial charge in [0.1, 0.15) is 6.26 Å². The molecule has 1 N–H and O–H groups in total. The SMILES string of the molecule is CN=C(NCC(C)(C)c1cccc(C)c1)N1CCN(Cc2ccon2)CC1.I. The highest BCUT2D eigenvalue weighted by molar-refractivity contribution is 14.0. The van der Waals surface area contributed by atoms with Crippen molar-refractivity contribution >= 4 is 29.9 Å². The molecule has 0 radical (unpaired) electrons. The van der Waals surface area contributed by atoms with Gasteiger partial charge in [-0.2, -0.15) is 0 Å². The minimum Gasteiger partial charge on any atom is -0.364 e. The summed E-state index contributed by atoms with van der Waals surface area (Å²) < 4.78 is 4.92. The normalized spacial score (nSPS) is 16.0. The second kappa shape index (κ2) is 10.2. The second-order valence-electron chi connectivity index (χ2n) is 7.91. The molecule has 7 heteroatoms. The van der Waals surface area contributed by atoms with E-state index in [0.717, 1.165) is 50.9 Å². The minimum absolute atomic E-state index is 0. The van der Waals surface area contributed by atoms with Crippen LogP contribution in [0.2, 0.25) is 0 Å². The average molecular weight is 497 g/mol. The van der Waals surface area contributed by atoms with Gasteiger partial charge in [0.15, 0.2) is 5.96 Å². The molecule has 1 aliphatic rings. The van der Waals surface area contributed by atoms with Crippen molar-refractivity contribution in [3.05, 3.63) is 53.4 Å². The van der Waals surface area contributed by atoms with Crippen molar-refractivity contribution in [1.82, 2.24) is 20.3 Å². The van der Waals surface area contributed by atoms with Gasteiger partial charge in [0, 0.05) is 57.8 Å². The Labute approximate surface area is 185 Å². The lowest BCUT2D eigenvalue weighted by Crippen LogP contribution is -2.53. The first kappa shape index (κ1) is 22.7. The van der Waals surface area contributed by atoms with E-state index in [-0.39, 0.29) is 29.4 Å². The Hall–Kier alpha value is -1.61. The van der Waals surface area contributed by atoms with Crippen LogP contribution in [-0.4, -0.2) is 60.7 Å². The summed E-state index contributed by atoms with van der Waals surface area (Å²) in [4.78, 5) is 9.25. The number of nitrogens with zero attached hydrogens (tertiary/aromatic N) is 4. The molecule has 6 nitrogen and oxygen atoms in total. The summed E-state index contributed by atoms with van der Waals surface area (Å²) in [5.74, 6) is 0.983. The van der Waals surface area contributed by atoms with Crippen LogP contribution in [0.4, 0.5) is 0 Å². The maximum Gasteiger partial charge on any atom is 0.193 e. The molecule has 0 bridgehead atoms. The van der Waals surface area contributed by atoms with E-state index < -0.39 is 0 Å². The van der Waals surface area contributed by atoms with Gasteiger partial charge in [-0.15, -0.1) is 24.0 Å². The van der Waals surface area contributed by atoms with Crippen molar-refractivity contribution in [2.24, 2.45) is 4.99 Å². The molecule has 1 aromatic heterocycles. The highest BCUT2D eigenvalue weighted by Gasteiger charge is 2.24. The largest absolute Gasteiger partial charge is 0.364 e. The van der Waals surface area contributed by atoms with Gasteiger partial charge in [-0.1, -0.05) is 48.8 Å². The van der Waals surface area contributed by atoms with Gasteiger partial charge >= 0.3 is 0 Å². The molecule has 1 aromatic carbocycles. The van der Waals surface area contributed by atoms with E-state index >= 15 is 0 Å². The summed E-state index contributed by atoms with van der Waals surface area (Å²) in [7, 11) is 1.86. The highest BCUT2D eigenvalue weighted by atomic mass is 127. The Kier molecular flexibility index (Phi) is 8.30. The third kappa shape index (κ3) is 5.94. The third-order valence-electron chi connectivity index (χ3n) is 5.25. The number of rotatable bonds is 5. The van der Waals surface area contributed by atoms with Crippen molar-refractivity contribution in [2.75, 3.05) is 39.8 Å². The zero-order chi connectivity index (χ0) is 19.3. The standard InChI is InChI=1S/C21H31N5O.HI/c1-17-6-5-7-18(14-17)21(2,3)16-23-20(22-4)26-11-9-25(10-12-26)15-19-8-13-27-24-19;/h5-8,13-14H,9-12,15-16H2,1-4H3,(H,22,23);1H. The lowest BCUT2D eigenvalue weighted by Gasteiger charge is -2.37. The van der Waals surface area contributed by atoms with Crippen LogP contribution in [0.25, 0.3) is 0 Å². The van der Waals surface area contributed by atoms with E-state index in [1.165, 1.54) is 11.1 Å². The number of aromatic nitrogens is 1. The second-order valence-corrected chi connectivity index (χ2v) is 7.91. The van der Waals surface area contributed by atoms with Gasteiger partial charge in [-0.3, -0.25) is 9.89 Å². The molecule has 1 saturated heterocycles. The fourth-order valence-electron chi connectivity index (χ4n) is 3.47. The molecule has 1 fully saturated rings. The predicted octanol–water partition coefficient (Wildman–Crippen LogP) is 3.27. The predicted molar refractivity (Wildman–Crippen MR) is 124 cm³/mol. The first-order chi connectivity index (χ1) is 13.0. The zero-order valence-corrected chi connectivity index (χ0v) is 19.6. The number of aliphatic imine (C=N–C) groups is 1. The van der Waals surface area contributed by atoms with Crippen molar-refractivity contribution in [3.63, 3.8) is 0 Å². The van der Waals surface area contributed by atoms with Crippen LogP contribution in [0.1, 0.15) is 30.7 Å². The molecule has 0 amide bonds. The van der Waals surface area contributed by atoms with Gasteiger partial charge in [-0.25, -0.2) is 0 Å². The maximum atomic E-state index is 4.92. The smallest absolute Gasteiger partial charge is 0.193 e. The number of halogens is 1. The number of benzene rings is 1. The Balaban J connectivity index is 0.00000280. The molecule has 0 atom stereocenters. The van der Waals surface area contributed by atoms with Gasteiger partial charge in [0.2, 0.25) is 0 Å². The summed E-state index contributed by atoms with van der Waals surface area (Å²) in [5, 5.41) is 7.59. The molecule has 2 heterocycles. The monoisotopic (exact) mass is 497 g/mol. The van der Waals surface area contributed by atoms with Gasteiger partial charge in [0.25, 0.3) is 0 Å². The number of guanidine groups is 1. The molecule has 0 aliphatic carbocycles. The molecular weight excluding hydrogens is 465 g/mol. The summed E-state index contributed by atoms with van der Waals surface area (Å²) in [6.45, 7) is 12.3. The summed E-state index contributed by atoms with van der Waals surface area (Å²) in [6.07, 6.45) is 1.63. The molecule has 1 aliphatic heterocycles. The average Bonchev–Trinajstić information content (AvgIpc) is 3.16. The number of aryl methyl sites for hydroxylation is 1. The molecule has 28 heavy (non-hydrogen) atoms. The van der Waals surface area contributed by atoms with E-state index in [4.69, 9.17) is 4.52 Å². The van der Waals surface area contributed by atoms with Crippen LogP contribution in [-0.2, 0) is 12.0 Å². The fraction of sp³-hybridized carbons (Fsp3) is 0.524. The van der Waals surface area contributed by atoms with Crippen LogP contribution >= 0.6 is 24.0 Å². The van der Waals surface area contributed by atoms with E-state index in [1.54, 1.807) is 6.26 Å². The van der Waals surface area contributed by atoms with Crippen molar-refractivity contribution in [1.29, 1.82) is 0 Å². The molecule has 0 saturated carbocycles. The molecule has 0 unspecified atom stereocenters. The topological polar surface area (TPSA) is 56.9 Å².